The molecule has 1 aliphatic carbocycles. The minimum absolute atomic E-state index is 0.0180. The molecule has 3 rings (SSSR count). The molecule has 0 spiro atoms. The molecule has 1 aliphatic heterocycles. The molecule has 0 aromatic heterocycles. The number of carbonyl (C=O) groups excluding carboxylic acids is 1. The quantitative estimate of drug-likeness (QED) is 0.822. The van der Waals surface area contributed by atoms with Gasteiger partial charge in [0, 0.05) is 11.7 Å². The molecule has 3 unspecified atom stereocenters. The monoisotopic (exact) mass is 288 g/mol. The normalized spacial score (nSPS) is 30.0. The molecule has 2 aliphatic rings. The van der Waals surface area contributed by atoms with E-state index in [1.54, 1.807) is 0 Å². The molecular weight excluding hydrogens is 264 g/mol. The maximum Gasteiger partial charge on any atom is 0.253 e. The topological polar surface area (TPSA) is 64.3 Å². The lowest BCUT2D eigenvalue weighted by Gasteiger charge is -2.26. The SMILES string of the molecule is NC1CCCCCC1OC1CCc2ccccc2NC1=O. The molecule has 0 radical (unpaired) electrons. The Labute approximate surface area is 126 Å². The van der Waals surface area contributed by atoms with Crippen molar-refractivity contribution in [2.45, 2.75) is 63.2 Å². The van der Waals surface area contributed by atoms with Gasteiger partial charge < -0.3 is 15.8 Å². The second-order valence-corrected chi connectivity index (χ2v) is 6.15. The van der Waals surface area contributed by atoms with Crippen LogP contribution in [-0.2, 0) is 16.0 Å². The van der Waals surface area contributed by atoms with Crippen LogP contribution in [0, 0.1) is 0 Å². The van der Waals surface area contributed by atoms with Crippen molar-refractivity contribution in [3.8, 4) is 0 Å². The second kappa shape index (κ2) is 6.58. The van der Waals surface area contributed by atoms with E-state index in [0.717, 1.165) is 37.8 Å². The fourth-order valence-corrected chi connectivity index (χ4v) is 3.30. The predicted molar refractivity (Wildman–Crippen MR) is 83.1 cm³/mol. The number of rotatable bonds is 2. The number of fused-ring (bicyclic) bond motifs is 1. The number of amides is 1. The van der Waals surface area contributed by atoms with E-state index in [0.29, 0.717) is 0 Å². The molecule has 0 bridgehead atoms. The molecule has 4 nitrogen and oxygen atoms in total. The fraction of sp³-hybridized carbons (Fsp3) is 0.588. The Morgan fingerprint density at radius 2 is 1.90 bits per heavy atom. The zero-order valence-electron chi connectivity index (χ0n) is 12.4. The van der Waals surface area contributed by atoms with E-state index in [9.17, 15) is 4.79 Å². The summed E-state index contributed by atoms with van der Waals surface area (Å²) in [7, 11) is 0. The largest absolute Gasteiger partial charge is 0.364 e. The number of carbonyl (C=O) groups is 1. The van der Waals surface area contributed by atoms with Crippen molar-refractivity contribution in [3.63, 3.8) is 0 Å². The van der Waals surface area contributed by atoms with E-state index < -0.39 is 0 Å². The van der Waals surface area contributed by atoms with Crippen LogP contribution < -0.4 is 11.1 Å². The molecule has 21 heavy (non-hydrogen) atoms. The van der Waals surface area contributed by atoms with Crippen LogP contribution in [0.15, 0.2) is 24.3 Å². The highest BCUT2D eigenvalue weighted by atomic mass is 16.5. The molecule has 1 heterocycles. The lowest BCUT2D eigenvalue weighted by molar-refractivity contribution is -0.132. The summed E-state index contributed by atoms with van der Waals surface area (Å²) in [6.45, 7) is 0. The van der Waals surface area contributed by atoms with Crippen LogP contribution in [0.3, 0.4) is 0 Å². The molecule has 1 amide bonds. The van der Waals surface area contributed by atoms with Crippen molar-refractivity contribution in [1.82, 2.24) is 0 Å². The number of para-hydroxylation sites is 1. The van der Waals surface area contributed by atoms with Crippen LogP contribution in [-0.4, -0.2) is 24.2 Å². The van der Waals surface area contributed by atoms with Gasteiger partial charge in [-0.15, -0.1) is 0 Å². The molecule has 1 fully saturated rings. The van der Waals surface area contributed by atoms with Crippen LogP contribution in [0.5, 0.6) is 0 Å². The van der Waals surface area contributed by atoms with Crippen molar-refractivity contribution in [2.75, 3.05) is 5.32 Å². The number of hydrogen-bond donors (Lipinski definition) is 2. The molecule has 3 N–H and O–H groups in total. The van der Waals surface area contributed by atoms with Crippen LogP contribution in [0.1, 0.15) is 44.1 Å². The Hall–Kier alpha value is -1.39. The molecule has 1 aromatic carbocycles. The van der Waals surface area contributed by atoms with Gasteiger partial charge in [0.1, 0.15) is 6.10 Å². The van der Waals surface area contributed by atoms with Crippen molar-refractivity contribution in [2.24, 2.45) is 5.73 Å². The highest BCUT2D eigenvalue weighted by molar-refractivity contribution is 5.95. The Morgan fingerprint density at radius 1 is 1.10 bits per heavy atom. The summed E-state index contributed by atoms with van der Waals surface area (Å²) in [6, 6.07) is 8.03. The van der Waals surface area contributed by atoms with Gasteiger partial charge in [-0.2, -0.15) is 0 Å². The average molecular weight is 288 g/mol. The van der Waals surface area contributed by atoms with Gasteiger partial charge in [-0.25, -0.2) is 0 Å². The van der Waals surface area contributed by atoms with E-state index >= 15 is 0 Å². The zero-order valence-corrected chi connectivity index (χ0v) is 12.4. The third kappa shape index (κ3) is 3.44. The van der Waals surface area contributed by atoms with Gasteiger partial charge in [0.25, 0.3) is 5.91 Å². The second-order valence-electron chi connectivity index (χ2n) is 6.15. The van der Waals surface area contributed by atoms with Crippen molar-refractivity contribution < 1.29 is 9.53 Å². The van der Waals surface area contributed by atoms with Gasteiger partial charge in [-0.05, 0) is 37.3 Å². The lowest BCUT2D eigenvalue weighted by atomic mass is 10.0. The molecule has 1 saturated carbocycles. The Balaban J connectivity index is 1.68. The maximum atomic E-state index is 12.4. The van der Waals surface area contributed by atoms with Gasteiger partial charge in [0.2, 0.25) is 0 Å². The number of nitrogens with two attached hydrogens (primary N) is 1. The minimum atomic E-state index is -0.383. The maximum absolute atomic E-state index is 12.4. The Bertz CT molecular complexity index is 503. The zero-order chi connectivity index (χ0) is 14.7. The lowest BCUT2D eigenvalue weighted by Crippen LogP contribution is -2.41. The summed E-state index contributed by atoms with van der Waals surface area (Å²) in [5.41, 5.74) is 8.31. The van der Waals surface area contributed by atoms with Crippen LogP contribution >= 0.6 is 0 Å². The van der Waals surface area contributed by atoms with Crippen molar-refractivity contribution in [1.29, 1.82) is 0 Å². The van der Waals surface area contributed by atoms with E-state index in [4.69, 9.17) is 10.5 Å². The first-order chi connectivity index (χ1) is 10.2. The summed E-state index contributed by atoms with van der Waals surface area (Å²) in [6.07, 6.45) is 6.73. The first kappa shape index (κ1) is 14.5. The van der Waals surface area contributed by atoms with E-state index in [-0.39, 0.29) is 24.2 Å². The molecule has 4 heteroatoms. The first-order valence-corrected chi connectivity index (χ1v) is 8.04. The summed E-state index contributed by atoms with van der Waals surface area (Å²) in [5.74, 6) is -0.0311. The molecular formula is C17H24N2O2. The van der Waals surface area contributed by atoms with Crippen molar-refractivity contribution >= 4 is 11.6 Å². The minimum Gasteiger partial charge on any atom is -0.364 e. The van der Waals surface area contributed by atoms with Gasteiger partial charge in [-0.1, -0.05) is 37.5 Å². The van der Waals surface area contributed by atoms with Gasteiger partial charge >= 0.3 is 0 Å². The van der Waals surface area contributed by atoms with Crippen molar-refractivity contribution in [3.05, 3.63) is 29.8 Å². The summed E-state index contributed by atoms with van der Waals surface area (Å²) in [5, 5.41) is 2.99. The van der Waals surface area contributed by atoms with E-state index in [2.05, 4.69) is 11.4 Å². The number of nitrogens with one attached hydrogen (secondary N) is 1. The van der Waals surface area contributed by atoms with Gasteiger partial charge in [0.15, 0.2) is 0 Å². The first-order valence-electron chi connectivity index (χ1n) is 8.04. The molecule has 114 valence electrons. The smallest absolute Gasteiger partial charge is 0.253 e. The predicted octanol–water partition coefficient (Wildman–Crippen LogP) is 2.62. The highest BCUT2D eigenvalue weighted by Gasteiger charge is 2.30. The van der Waals surface area contributed by atoms with Gasteiger partial charge in [-0.3, -0.25) is 4.79 Å². The van der Waals surface area contributed by atoms with E-state index in [1.165, 1.54) is 18.4 Å². The molecule has 0 saturated heterocycles. The van der Waals surface area contributed by atoms with Crippen LogP contribution in [0.2, 0.25) is 0 Å². The standard InChI is InChI=1S/C17H24N2O2/c18-13-7-2-1-3-9-15(13)21-16-11-10-12-6-4-5-8-14(12)19-17(16)20/h4-6,8,13,15-16H,1-3,7,9-11,18H2,(H,19,20). The summed E-state index contributed by atoms with van der Waals surface area (Å²) in [4.78, 5) is 12.4. The number of anilines is 1. The van der Waals surface area contributed by atoms with E-state index in [1.807, 2.05) is 18.2 Å². The number of ether oxygens (including phenoxy) is 1. The number of aryl methyl sites for hydroxylation is 1. The third-order valence-electron chi connectivity index (χ3n) is 4.59. The third-order valence-corrected chi connectivity index (χ3v) is 4.59. The summed E-state index contributed by atoms with van der Waals surface area (Å²) < 4.78 is 6.11. The van der Waals surface area contributed by atoms with Crippen LogP contribution in [0.4, 0.5) is 5.69 Å². The number of hydrogen-bond acceptors (Lipinski definition) is 3. The summed E-state index contributed by atoms with van der Waals surface area (Å²) >= 11 is 0. The van der Waals surface area contributed by atoms with Gasteiger partial charge in [0.05, 0.1) is 6.10 Å². The Morgan fingerprint density at radius 3 is 2.81 bits per heavy atom. The van der Waals surface area contributed by atoms with Crippen LogP contribution in [0.25, 0.3) is 0 Å². The highest BCUT2D eigenvalue weighted by Crippen LogP contribution is 2.26. The molecule has 1 aromatic rings. The Kier molecular flexibility index (Phi) is 4.56. The average Bonchev–Trinajstić information content (AvgIpc) is 2.77. The number of benzene rings is 1. The fourth-order valence-electron chi connectivity index (χ4n) is 3.30. The molecule has 3 atom stereocenters.